The van der Waals surface area contributed by atoms with Crippen molar-refractivity contribution in [1.29, 1.82) is 0 Å². The minimum absolute atomic E-state index is 0.0735. The minimum atomic E-state index is -4.70. The van der Waals surface area contributed by atoms with Crippen LogP contribution in [-0.2, 0) is 28.1 Å². The number of hydrogen-bond acceptors (Lipinski definition) is 4. The molecule has 0 aliphatic rings. The lowest BCUT2D eigenvalue weighted by Crippen LogP contribution is -2.44. The predicted molar refractivity (Wildman–Crippen MR) is 125 cm³/mol. The van der Waals surface area contributed by atoms with Crippen molar-refractivity contribution in [3.63, 3.8) is 0 Å². The zero-order chi connectivity index (χ0) is 25.6. The summed E-state index contributed by atoms with van der Waals surface area (Å²) in [5, 5.41) is 0.838. The summed E-state index contributed by atoms with van der Waals surface area (Å²) in [4.78, 5) is 17.8. The van der Waals surface area contributed by atoms with Gasteiger partial charge in [-0.25, -0.2) is 4.57 Å². The summed E-state index contributed by atoms with van der Waals surface area (Å²) in [6, 6.07) is 8.96. The Hall–Kier alpha value is -1.32. The third-order valence-electron chi connectivity index (χ3n) is 5.34. The van der Waals surface area contributed by atoms with Gasteiger partial charge in [0.15, 0.2) is 0 Å². The second-order valence-electron chi connectivity index (χ2n) is 8.01. The van der Waals surface area contributed by atoms with Gasteiger partial charge >= 0.3 is 14.0 Å². The highest BCUT2D eigenvalue weighted by molar-refractivity contribution is 7.46. The first-order chi connectivity index (χ1) is 15.7. The topological polar surface area (TPSA) is 102 Å². The van der Waals surface area contributed by atoms with Gasteiger partial charge in [0.1, 0.15) is 5.75 Å². The lowest BCUT2D eigenvalue weighted by molar-refractivity contribution is -0.139. The lowest BCUT2D eigenvalue weighted by Gasteiger charge is -2.28. The molecule has 12 heteroatoms. The molecular weight excluding hydrogens is 517 g/mol. The van der Waals surface area contributed by atoms with Crippen molar-refractivity contribution in [2.45, 2.75) is 50.7 Å². The van der Waals surface area contributed by atoms with E-state index in [1.165, 1.54) is 12.1 Å². The fourth-order valence-electron chi connectivity index (χ4n) is 3.19. The zero-order valence-electron chi connectivity index (χ0n) is 18.4. The number of nitrogens with two attached hydrogens (primary N) is 1. The van der Waals surface area contributed by atoms with Crippen LogP contribution in [0.15, 0.2) is 36.4 Å². The van der Waals surface area contributed by atoms with Gasteiger partial charge in [-0.1, -0.05) is 42.3 Å². The first kappa shape index (κ1) is 28.9. The fraction of sp³-hybridized carbons (Fsp3) is 0.455. The van der Waals surface area contributed by atoms with E-state index in [1.54, 1.807) is 25.1 Å². The van der Waals surface area contributed by atoms with E-state index in [9.17, 15) is 17.7 Å². The smallest absolute Gasteiger partial charge is 0.469 e. The van der Waals surface area contributed by atoms with Crippen LogP contribution in [0.5, 0.6) is 5.75 Å². The Bertz CT molecular complexity index is 1020. The minimum Gasteiger partial charge on any atom is -0.493 e. The summed E-state index contributed by atoms with van der Waals surface area (Å²) in [6.45, 7) is 1.36. The number of halogens is 5. The van der Waals surface area contributed by atoms with Crippen molar-refractivity contribution >= 4 is 31.0 Å². The average Bonchev–Trinajstić information content (AvgIpc) is 2.75. The molecule has 4 N–H and O–H groups in total. The normalized spacial score (nSPS) is 14.1. The number of ether oxygens (including phenoxy) is 1. The summed E-state index contributed by atoms with van der Waals surface area (Å²) in [7, 11) is -4.70. The molecule has 0 aromatic heterocycles. The highest BCUT2D eigenvalue weighted by Gasteiger charge is 2.35. The second kappa shape index (κ2) is 12.1. The van der Waals surface area contributed by atoms with Gasteiger partial charge in [0.25, 0.3) is 0 Å². The number of benzene rings is 2. The Morgan fingerprint density at radius 3 is 2.26 bits per heavy atom. The van der Waals surface area contributed by atoms with E-state index in [0.29, 0.717) is 34.9 Å². The summed E-state index contributed by atoms with van der Waals surface area (Å²) in [5.74, 6) is -0.273. The Balaban J connectivity index is 2.02. The van der Waals surface area contributed by atoms with Crippen LogP contribution < -0.4 is 10.5 Å². The third kappa shape index (κ3) is 9.38. The van der Waals surface area contributed by atoms with Gasteiger partial charge in [0.2, 0.25) is 0 Å². The van der Waals surface area contributed by atoms with Crippen LogP contribution in [0, 0.1) is 0 Å². The molecule has 190 valence electrons. The predicted octanol–water partition coefficient (Wildman–Crippen LogP) is 6.17. The molecule has 6 nitrogen and oxygen atoms in total. The molecule has 1 atom stereocenters. The third-order valence-corrected chi connectivity index (χ3v) is 6.54. The quantitative estimate of drug-likeness (QED) is 0.218. The van der Waals surface area contributed by atoms with Crippen LogP contribution in [-0.4, -0.2) is 28.5 Å². The van der Waals surface area contributed by atoms with Crippen LogP contribution >= 0.6 is 31.0 Å². The van der Waals surface area contributed by atoms with Gasteiger partial charge in [-0.15, -0.1) is 0 Å². The number of rotatable bonds is 12. The number of aryl methyl sites for hydroxylation is 2. The number of phosphoric ester groups is 1. The van der Waals surface area contributed by atoms with Gasteiger partial charge in [-0.3, -0.25) is 4.52 Å². The average molecular weight is 544 g/mol. The Morgan fingerprint density at radius 2 is 1.68 bits per heavy atom. The molecule has 0 heterocycles. The SMILES string of the molecule is CC[C@@](N)(CCc1ccc(OCCCc2ccc(Cl)c(Cl)c2)c(C(F)(F)F)c1)COP(=O)(O)O. The van der Waals surface area contributed by atoms with Crippen LogP contribution in [0.3, 0.4) is 0 Å². The molecule has 34 heavy (non-hydrogen) atoms. The van der Waals surface area contributed by atoms with Gasteiger partial charge in [-0.2, -0.15) is 13.2 Å². The number of hydrogen-bond donors (Lipinski definition) is 3. The molecule has 0 saturated carbocycles. The molecule has 0 spiro atoms. The van der Waals surface area contributed by atoms with E-state index in [-0.39, 0.29) is 25.2 Å². The Morgan fingerprint density at radius 1 is 1.03 bits per heavy atom. The number of phosphoric acid groups is 1. The first-order valence-corrected chi connectivity index (χ1v) is 12.8. The summed E-state index contributed by atoms with van der Waals surface area (Å²) >= 11 is 11.8. The van der Waals surface area contributed by atoms with Crippen molar-refractivity contribution in [3.05, 3.63) is 63.1 Å². The monoisotopic (exact) mass is 543 g/mol. The van der Waals surface area contributed by atoms with E-state index in [2.05, 4.69) is 4.52 Å². The molecule has 0 saturated heterocycles. The molecule has 0 aliphatic carbocycles. The zero-order valence-corrected chi connectivity index (χ0v) is 20.9. The molecule has 0 bridgehead atoms. The van der Waals surface area contributed by atoms with E-state index >= 15 is 0 Å². The standard InChI is InChI=1S/C22H27Cl2F3NO5P/c1-2-21(28,14-33-34(29,30)31)10-9-16-6-8-20(17(12-16)22(25,26)27)32-11-3-4-15-5-7-18(23)19(24)13-15/h5-8,12-13H,2-4,9-11,14,28H2,1H3,(H2,29,30,31)/t21-/m1/s1. The van der Waals surface area contributed by atoms with E-state index in [0.717, 1.165) is 11.6 Å². The van der Waals surface area contributed by atoms with Gasteiger partial charge in [0, 0.05) is 5.54 Å². The second-order valence-corrected chi connectivity index (χ2v) is 10.1. The highest BCUT2D eigenvalue weighted by atomic mass is 35.5. The maximum absolute atomic E-state index is 13.6. The van der Waals surface area contributed by atoms with Gasteiger partial charge in [-0.05, 0) is 67.5 Å². The Kier molecular flexibility index (Phi) is 10.3. The molecule has 0 radical (unpaired) electrons. The van der Waals surface area contributed by atoms with Crippen LogP contribution in [0.25, 0.3) is 0 Å². The highest BCUT2D eigenvalue weighted by Crippen LogP contribution is 2.39. The first-order valence-electron chi connectivity index (χ1n) is 10.5. The van der Waals surface area contributed by atoms with Crippen molar-refractivity contribution < 1.29 is 36.8 Å². The molecule has 2 rings (SSSR count). The fourth-order valence-corrected chi connectivity index (χ4v) is 3.94. The van der Waals surface area contributed by atoms with Crippen molar-refractivity contribution in [3.8, 4) is 5.75 Å². The van der Waals surface area contributed by atoms with Gasteiger partial charge < -0.3 is 20.3 Å². The van der Waals surface area contributed by atoms with Crippen molar-refractivity contribution in [1.82, 2.24) is 0 Å². The Labute approximate surface area is 206 Å². The molecule has 0 amide bonds. The molecule has 2 aromatic carbocycles. The molecule has 0 aliphatic heterocycles. The molecule has 0 unspecified atom stereocenters. The molecule has 0 fully saturated rings. The summed E-state index contributed by atoms with van der Waals surface area (Å²) < 4.78 is 61.8. The summed E-state index contributed by atoms with van der Waals surface area (Å²) in [5.41, 5.74) is 5.39. The maximum atomic E-state index is 13.6. The number of alkyl halides is 3. The largest absolute Gasteiger partial charge is 0.493 e. The van der Waals surface area contributed by atoms with Crippen LogP contribution in [0.2, 0.25) is 10.0 Å². The van der Waals surface area contributed by atoms with Crippen molar-refractivity contribution in [2.75, 3.05) is 13.2 Å². The molecule has 2 aromatic rings. The van der Waals surface area contributed by atoms with E-state index in [1.807, 2.05) is 0 Å². The van der Waals surface area contributed by atoms with Crippen LogP contribution in [0.4, 0.5) is 13.2 Å². The van der Waals surface area contributed by atoms with Crippen LogP contribution in [0.1, 0.15) is 42.9 Å². The van der Waals surface area contributed by atoms with Gasteiger partial charge in [0.05, 0.1) is 28.8 Å². The van der Waals surface area contributed by atoms with Crippen molar-refractivity contribution in [2.24, 2.45) is 5.73 Å². The maximum Gasteiger partial charge on any atom is 0.469 e. The summed E-state index contributed by atoms with van der Waals surface area (Å²) in [6.07, 6.45) is -2.94. The van der Waals surface area contributed by atoms with E-state index < -0.39 is 31.7 Å². The lowest BCUT2D eigenvalue weighted by atomic mass is 9.90. The van der Waals surface area contributed by atoms with E-state index in [4.69, 9.17) is 43.5 Å². The molecular formula is C22H27Cl2F3NO5P.